The molecule has 6 heteroatoms. The van der Waals surface area contributed by atoms with Crippen LogP contribution in [0.25, 0.3) is 0 Å². The van der Waals surface area contributed by atoms with E-state index in [9.17, 15) is 14.4 Å². The van der Waals surface area contributed by atoms with Gasteiger partial charge in [-0.05, 0) is 38.5 Å². The fourth-order valence-electron chi connectivity index (χ4n) is 4.87. The summed E-state index contributed by atoms with van der Waals surface area (Å²) in [6, 6.07) is 0. The fraction of sp³-hybridized carbons (Fsp3) is 0.906. The zero-order valence-electron chi connectivity index (χ0n) is 25.0. The Labute approximate surface area is 234 Å². The molecule has 0 aliphatic heterocycles. The highest BCUT2D eigenvalue weighted by Crippen LogP contribution is 2.18. The van der Waals surface area contributed by atoms with E-state index < -0.39 is 5.97 Å². The second-order valence-electron chi connectivity index (χ2n) is 11.1. The Hall–Kier alpha value is -1.59. The Morgan fingerprint density at radius 1 is 0.579 bits per heavy atom. The van der Waals surface area contributed by atoms with E-state index in [4.69, 9.17) is 9.84 Å². The van der Waals surface area contributed by atoms with Gasteiger partial charge in [-0.1, -0.05) is 123 Å². The number of aliphatic carboxylic acids is 1. The summed E-state index contributed by atoms with van der Waals surface area (Å²) in [6.45, 7) is 4.14. The van der Waals surface area contributed by atoms with Crippen LogP contribution >= 0.6 is 0 Å². The average Bonchev–Trinajstić information content (AvgIpc) is 2.89. The number of nitrogens with one attached hydrogen (secondary N) is 1. The van der Waals surface area contributed by atoms with E-state index in [0.717, 1.165) is 51.4 Å². The first-order valence-corrected chi connectivity index (χ1v) is 16.2. The van der Waals surface area contributed by atoms with Crippen LogP contribution in [-0.2, 0) is 19.1 Å². The molecule has 0 fully saturated rings. The van der Waals surface area contributed by atoms with Gasteiger partial charge in [0.2, 0.25) is 5.91 Å². The summed E-state index contributed by atoms with van der Waals surface area (Å²) in [4.78, 5) is 34.6. The second-order valence-corrected chi connectivity index (χ2v) is 11.1. The predicted octanol–water partition coefficient (Wildman–Crippen LogP) is 8.89. The number of esters is 1. The fourth-order valence-corrected chi connectivity index (χ4v) is 4.87. The highest BCUT2D eigenvalue weighted by atomic mass is 16.5. The number of amides is 1. The lowest BCUT2D eigenvalue weighted by atomic mass is 10.0. The van der Waals surface area contributed by atoms with Crippen LogP contribution in [0.1, 0.15) is 174 Å². The van der Waals surface area contributed by atoms with Crippen LogP contribution in [0.15, 0.2) is 0 Å². The van der Waals surface area contributed by atoms with Crippen molar-refractivity contribution in [3.8, 4) is 0 Å². The molecule has 2 N–H and O–H groups in total. The largest absolute Gasteiger partial charge is 0.480 e. The van der Waals surface area contributed by atoms with Crippen molar-refractivity contribution in [3.05, 3.63) is 0 Å². The number of rotatable bonds is 29. The highest BCUT2D eigenvalue weighted by molar-refractivity contribution is 5.80. The maximum Gasteiger partial charge on any atom is 0.322 e. The first kappa shape index (κ1) is 36.4. The van der Waals surface area contributed by atoms with Gasteiger partial charge in [0.1, 0.15) is 12.6 Å². The van der Waals surface area contributed by atoms with Crippen LogP contribution in [0.5, 0.6) is 0 Å². The summed E-state index contributed by atoms with van der Waals surface area (Å²) in [6.07, 6.45) is 28.1. The van der Waals surface area contributed by atoms with Crippen LogP contribution in [0.2, 0.25) is 0 Å². The molecule has 0 aliphatic rings. The molecular weight excluding hydrogens is 478 g/mol. The second kappa shape index (κ2) is 28.4. The quantitative estimate of drug-likeness (QED) is 0.0731. The van der Waals surface area contributed by atoms with Gasteiger partial charge in [-0.15, -0.1) is 0 Å². The summed E-state index contributed by atoms with van der Waals surface area (Å²) < 4.78 is 5.85. The Bertz CT molecular complexity index is 566. The van der Waals surface area contributed by atoms with Gasteiger partial charge in [0.05, 0.1) is 0 Å². The Morgan fingerprint density at radius 3 is 1.45 bits per heavy atom. The summed E-state index contributed by atoms with van der Waals surface area (Å²) in [5, 5.41) is 11.0. The molecule has 0 heterocycles. The molecule has 1 amide bonds. The smallest absolute Gasteiger partial charge is 0.322 e. The lowest BCUT2D eigenvalue weighted by molar-refractivity contribution is -0.150. The lowest BCUT2D eigenvalue weighted by Gasteiger charge is -2.18. The van der Waals surface area contributed by atoms with Crippen LogP contribution in [-0.4, -0.2) is 35.6 Å². The molecule has 0 aliphatic carbocycles. The number of carbonyl (C=O) groups is 3. The van der Waals surface area contributed by atoms with Crippen molar-refractivity contribution < 1.29 is 24.2 Å². The molecule has 0 bridgehead atoms. The summed E-state index contributed by atoms with van der Waals surface area (Å²) in [5.74, 6) is -1.30. The molecule has 38 heavy (non-hydrogen) atoms. The Morgan fingerprint density at radius 2 is 0.974 bits per heavy atom. The van der Waals surface area contributed by atoms with Crippen molar-refractivity contribution in [2.45, 2.75) is 180 Å². The van der Waals surface area contributed by atoms with E-state index in [1.54, 1.807) is 0 Å². The van der Waals surface area contributed by atoms with Crippen molar-refractivity contribution in [3.63, 3.8) is 0 Å². The summed E-state index contributed by atoms with van der Waals surface area (Å²) in [7, 11) is 0. The predicted molar refractivity (Wildman–Crippen MR) is 157 cm³/mol. The third kappa shape index (κ3) is 27.4. The van der Waals surface area contributed by atoms with E-state index in [0.29, 0.717) is 12.8 Å². The first-order valence-electron chi connectivity index (χ1n) is 16.2. The molecule has 1 unspecified atom stereocenters. The van der Waals surface area contributed by atoms with Crippen molar-refractivity contribution in [2.24, 2.45) is 0 Å². The van der Waals surface area contributed by atoms with Gasteiger partial charge in [0.15, 0.2) is 0 Å². The Balaban J connectivity index is 3.88. The zero-order valence-corrected chi connectivity index (χ0v) is 25.0. The number of hydrogen-bond donors (Lipinski definition) is 2. The third-order valence-electron chi connectivity index (χ3n) is 7.28. The molecule has 224 valence electrons. The summed E-state index contributed by atoms with van der Waals surface area (Å²) >= 11 is 0. The molecule has 1 atom stereocenters. The lowest BCUT2D eigenvalue weighted by Crippen LogP contribution is -2.28. The first-order chi connectivity index (χ1) is 18.5. The van der Waals surface area contributed by atoms with Gasteiger partial charge in [-0.25, -0.2) is 0 Å². The highest BCUT2D eigenvalue weighted by Gasteiger charge is 2.14. The molecule has 0 rings (SSSR count). The van der Waals surface area contributed by atoms with Crippen molar-refractivity contribution in [2.75, 3.05) is 6.54 Å². The molecular formula is C32H61NO5. The number of carboxylic acids is 1. The normalized spacial score (nSPS) is 11.8. The van der Waals surface area contributed by atoms with Crippen molar-refractivity contribution >= 4 is 17.8 Å². The minimum absolute atomic E-state index is 0.0214. The van der Waals surface area contributed by atoms with E-state index >= 15 is 0 Å². The van der Waals surface area contributed by atoms with Gasteiger partial charge >= 0.3 is 11.9 Å². The molecule has 0 saturated heterocycles. The molecule has 0 saturated carbocycles. The van der Waals surface area contributed by atoms with E-state index in [2.05, 4.69) is 19.2 Å². The molecule has 0 aromatic carbocycles. The van der Waals surface area contributed by atoms with Gasteiger partial charge in [-0.3, -0.25) is 14.4 Å². The van der Waals surface area contributed by atoms with E-state index in [1.165, 1.54) is 96.3 Å². The molecule has 0 radical (unpaired) electrons. The zero-order chi connectivity index (χ0) is 28.1. The maximum absolute atomic E-state index is 12.4. The topological polar surface area (TPSA) is 92.7 Å². The van der Waals surface area contributed by atoms with Crippen LogP contribution in [0.4, 0.5) is 0 Å². The third-order valence-corrected chi connectivity index (χ3v) is 7.28. The van der Waals surface area contributed by atoms with Crippen LogP contribution < -0.4 is 5.32 Å². The van der Waals surface area contributed by atoms with Gasteiger partial charge in [0.25, 0.3) is 0 Å². The van der Waals surface area contributed by atoms with Crippen LogP contribution in [0, 0.1) is 0 Å². The Kier molecular flexibility index (Phi) is 27.2. The average molecular weight is 540 g/mol. The number of unbranched alkanes of at least 4 members (excludes halogenated alkanes) is 18. The number of carbonyl (C=O) groups excluding carboxylic acids is 2. The number of hydrogen-bond acceptors (Lipinski definition) is 4. The maximum atomic E-state index is 12.4. The SMILES string of the molecule is CCCCCCCCCCCCCCCCC(=O)OC(CCCCCC)CCCCCC(=O)NCC(=O)O. The van der Waals surface area contributed by atoms with Crippen LogP contribution in [0.3, 0.4) is 0 Å². The van der Waals surface area contributed by atoms with Gasteiger partial charge < -0.3 is 15.2 Å². The molecule has 0 aromatic heterocycles. The summed E-state index contributed by atoms with van der Waals surface area (Å²) in [5.41, 5.74) is 0. The van der Waals surface area contributed by atoms with E-state index in [1.807, 2.05) is 0 Å². The van der Waals surface area contributed by atoms with E-state index in [-0.39, 0.29) is 24.5 Å². The minimum atomic E-state index is -1.03. The molecule has 0 spiro atoms. The van der Waals surface area contributed by atoms with Gasteiger partial charge in [0, 0.05) is 12.8 Å². The van der Waals surface area contributed by atoms with Crippen molar-refractivity contribution in [1.82, 2.24) is 5.32 Å². The molecule has 0 aromatic rings. The monoisotopic (exact) mass is 539 g/mol. The standard InChI is InChI=1S/C32H61NO5/c1-3-5-7-9-10-11-12-13-14-15-16-17-18-23-27-32(37)38-29(24-20-8-6-4-2)25-21-19-22-26-30(34)33-28-31(35)36/h29H,3-28H2,1-2H3,(H,33,34)(H,35,36). The number of ether oxygens (including phenoxy) is 1. The van der Waals surface area contributed by atoms with Crippen molar-refractivity contribution in [1.29, 1.82) is 0 Å². The van der Waals surface area contributed by atoms with Gasteiger partial charge in [-0.2, -0.15) is 0 Å². The molecule has 6 nitrogen and oxygen atoms in total. The number of carboxylic acid groups (broad SMARTS) is 1. The minimum Gasteiger partial charge on any atom is -0.480 e.